The predicted octanol–water partition coefficient (Wildman–Crippen LogP) is 5.14. The van der Waals surface area contributed by atoms with Crippen LogP contribution in [-0.4, -0.2) is 126 Å². The topological polar surface area (TPSA) is 181 Å². The Morgan fingerprint density at radius 3 is 2.63 bits per heavy atom. The van der Waals surface area contributed by atoms with Crippen LogP contribution in [0, 0.1) is 17.8 Å². The summed E-state index contributed by atoms with van der Waals surface area (Å²) in [6.07, 6.45) is 9.03. The van der Waals surface area contributed by atoms with Crippen LogP contribution in [0.3, 0.4) is 0 Å². The number of rotatable bonds is 11. The second-order valence-corrected chi connectivity index (χ2v) is 17.8. The first-order valence-corrected chi connectivity index (χ1v) is 21.8. The highest BCUT2D eigenvalue weighted by Gasteiger charge is 2.61. The summed E-state index contributed by atoms with van der Waals surface area (Å²) in [4.78, 5) is 63.3. The number of carbonyl (C=O) groups is 4. The summed E-state index contributed by atoms with van der Waals surface area (Å²) < 4.78 is 24.1. The standard InChI is InChI=1S/C43H57ClN6O9/c1-25(2)45-36-22-35(31-10-11-34(37(44)38(31)47-36)57-17-14-49-12-15-56-16-13-49)58-30-21-33-39(51)48-43(41(53)54)23-28(43)8-6-4-3-5-7-9-32(40(52)50(33)24-30)46-42(55)59-29-19-26-18-27(26)20-29/h6,8,10-11,22,25-30,32-33H,3-5,7,9,12-21,23-24H2,1-2H3,(H,45,47)(H,46,55)(H,48,51)(H,53,54)/b8-6-/t26-,27+,28-,29?,30-,32+,33+,43-/m1/s1. The highest BCUT2D eigenvalue weighted by molar-refractivity contribution is 6.36. The van der Waals surface area contributed by atoms with Crippen molar-refractivity contribution in [3.63, 3.8) is 0 Å². The van der Waals surface area contributed by atoms with Crippen molar-refractivity contribution in [2.24, 2.45) is 17.8 Å². The number of hydrogen-bond donors (Lipinski definition) is 4. The maximum atomic E-state index is 14.6. The van der Waals surface area contributed by atoms with Gasteiger partial charge < -0.3 is 44.9 Å². The van der Waals surface area contributed by atoms with Gasteiger partial charge in [-0.3, -0.25) is 14.5 Å². The predicted molar refractivity (Wildman–Crippen MR) is 220 cm³/mol. The number of aliphatic carboxylic acids is 1. The van der Waals surface area contributed by atoms with Gasteiger partial charge in [0.2, 0.25) is 11.8 Å². The third-order valence-electron chi connectivity index (χ3n) is 12.7. The number of anilines is 1. The van der Waals surface area contributed by atoms with Crippen molar-refractivity contribution in [2.45, 2.75) is 114 Å². The molecule has 1 aromatic heterocycles. The Kier molecular flexibility index (Phi) is 12.4. The van der Waals surface area contributed by atoms with E-state index in [1.807, 2.05) is 32.1 Å². The van der Waals surface area contributed by atoms with Gasteiger partial charge in [-0.05, 0) is 82.8 Å². The lowest BCUT2D eigenvalue weighted by Gasteiger charge is -2.29. The minimum atomic E-state index is -1.46. The molecule has 4 heterocycles. The molecule has 2 aromatic rings. The number of carbonyl (C=O) groups excluding carboxylic acids is 3. The van der Waals surface area contributed by atoms with E-state index < -0.39 is 47.6 Å². The molecule has 6 aliphatic rings. The molecular formula is C43H57ClN6O9. The molecule has 4 N–H and O–H groups in total. The van der Waals surface area contributed by atoms with Gasteiger partial charge in [0.05, 0.1) is 25.3 Å². The number of alkyl carbamates (subject to hydrolysis) is 1. The Balaban J connectivity index is 1.05. The Bertz CT molecular complexity index is 1930. The number of aromatic nitrogens is 1. The highest BCUT2D eigenvalue weighted by atomic mass is 35.5. The fourth-order valence-electron chi connectivity index (χ4n) is 9.31. The number of pyridine rings is 1. The van der Waals surface area contributed by atoms with Crippen molar-refractivity contribution < 1.29 is 43.2 Å². The van der Waals surface area contributed by atoms with Crippen LogP contribution in [0.2, 0.25) is 5.02 Å². The molecule has 3 amide bonds. The third-order valence-corrected chi connectivity index (χ3v) is 13.1. The molecule has 3 aliphatic heterocycles. The Labute approximate surface area is 349 Å². The number of amides is 3. The van der Waals surface area contributed by atoms with Gasteiger partial charge in [0.15, 0.2) is 0 Å². The van der Waals surface area contributed by atoms with Gasteiger partial charge in [-0.2, -0.15) is 0 Å². The first kappa shape index (κ1) is 41.4. The fraction of sp³-hybridized carbons (Fsp3) is 0.651. The van der Waals surface area contributed by atoms with E-state index in [4.69, 9.17) is 35.5 Å². The molecule has 0 radical (unpaired) electrons. The molecule has 0 bridgehead atoms. The van der Waals surface area contributed by atoms with Crippen LogP contribution in [0.5, 0.6) is 11.5 Å². The number of morpholine rings is 1. The summed E-state index contributed by atoms with van der Waals surface area (Å²) >= 11 is 6.99. The number of fused-ring (bicyclic) bond motifs is 4. The van der Waals surface area contributed by atoms with E-state index >= 15 is 0 Å². The Hall–Kier alpha value is -4.34. The van der Waals surface area contributed by atoms with Gasteiger partial charge >= 0.3 is 12.1 Å². The monoisotopic (exact) mass is 836 g/mol. The van der Waals surface area contributed by atoms with Crippen molar-refractivity contribution in [3.8, 4) is 11.5 Å². The van der Waals surface area contributed by atoms with E-state index in [-0.39, 0.29) is 37.5 Å². The zero-order valence-corrected chi connectivity index (χ0v) is 34.7. The number of halogens is 1. The van der Waals surface area contributed by atoms with Crippen molar-refractivity contribution in [2.75, 3.05) is 51.3 Å². The summed E-state index contributed by atoms with van der Waals surface area (Å²) in [5.74, 6) is 0.218. The summed E-state index contributed by atoms with van der Waals surface area (Å²) in [6.45, 7) is 8.25. The number of hydrogen-bond acceptors (Lipinski definition) is 11. The van der Waals surface area contributed by atoms with Gasteiger partial charge in [-0.1, -0.05) is 36.6 Å². The minimum absolute atomic E-state index is 0.0206. The van der Waals surface area contributed by atoms with Crippen molar-refractivity contribution >= 4 is 52.2 Å². The first-order chi connectivity index (χ1) is 28.5. The normalized spacial score (nSPS) is 31.5. The number of carboxylic acid groups (broad SMARTS) is 1. The number of benzene rings is 1. The Morgan fingerprint density at radius 1 is 1.07 bits per heavy atom. The summed E-state index contributed by atoms with van der Waals surface area (Å²) in [7, 11) is 0. The average Bonchev–Trinajstić information content (AvgIpc) is 4.00. The van der Waals surface area contributed by atoms with Gasteiger partial charge in [0.1, 0.15) is 58.8 Å². The Morgan fingerprint density at radius 2 is 1.86 bits per heavy atom. The van der Waals surface area contributed by atoms with E-state index in [9.17, 15) is 24.3 Å². The fourth-order valence-corrected chi connectivity index (χ4v) is 9.57. The molecular weight excluding hydrogens is 780 g/mol. The molecule has 0 spiro atoms. The molecule has 8 rings (SSSR count). The molecule has 3 aliphatic carbocycles. The summed E-state index contributed by atoms with van der Waals surface area (Å²) in [5, 5.41) is 20.3. The second-order valence-electron chi connectivity index (χ2n) is 17.5. The van der Waals surface area contributed by atoms with Crippen molar-refractivity contribution in [3.05, 3.63) is 35.4 Å². The average molecular weight is 837 g/mol. The van der Waals surface area contributed by atoms with E-state index in [1.54, 1.807) is 12.1 Å². The number of ether oxygens (including phenoxy) is 4. The van der Waals surface area contributed by atoms with Crippen LogP contribution in [0.4, 0.5) is 10.6 Å². The van der Waals surface area contributed by atoms with E-state index in [0.29, 0.717) is 77.7 Å². The van der Waals surface area contributed by atoms with Gasteiger partial charge in [0.25, 0.3) is 0 Å². The number of nitrogens with one attached hydrogen (secondary N) is 3. The first-order valence-electron chi connectivity index (χ1n) is 21.5. The lowest BCUT2D eigenvalue weighted by Crippen LogP contribution is -2.56. The molecule has 5 fully saturated rings. The SMILES string of the molecule is CC(C)Nc1cc(O[C@@H]2C[C@H]3C(=O)N[C@]4(C(=O)O)C[C@H]4/C=C\CCCCC[C@H](NC(=O)OC4C[C@@H]5C[C@@H]5C4)C(=O)N3C2)c2ccc(OCCN3CCOCC3)c(Cl)c2n1. The van der Waals surface area contributed by atoms with Crippen molar-refractivity contribution in [1.82, 2.24) is 25.4 Å². The summed E-state index contributed by atoms with van der Waals surface area (Å²) in [6, 6.07) is 3.45. The quantitative estimate of drug-likeness (QED) is 0.219. The molecule has 59 heavy (non-hydrogen) atoms. The smallest absolute Gasteiger partial charge is 0.408 e. The van der Waals surface area contributed by atoms with Gasteiger partial charge in [-0.15, -0.1) is 0 Å². The van der Waals surface area contributed by atoms with E-state index in [2.05, 4.69) is 20.9 Å². The van der Waals surface area contributed by atoms with E-state index in [0.717, 1.165) is 51.7 Å². The van der Waals surface area contributed by atoms with Gasteiger partial charge in [0, 0.05) is 49.5 Å². The zero-order valence-electron chi connectivity index (χ0n) is 34.0. The van der Waals surface area contributed by atoms with Crippen LogP contribution < -0.4 is 25.4 Å². The highest BCUT2D eigenvalue weighted by Crippen LogP contribution is 2.52. The maximum Gasteiger partial charge on any atom is 0.408 e. The van der Waals surface area contributed by atoms with Crippen LogP contribution in [0.25, 0.3) is 10.9 Å². The maximum absolute atomic E-state index is 14.6. The number of carboxylic acids is 1. The molecule has 16 heteroatoms. The number of allylic oxidation sites excluding steroid dienone is 1. The van der Waals surface area contributed by atoms with Crippen LogP contribution in [0.1, 0.15) is 78.1 Å². The zero-order chi connectivity index (χ0) is 41.3. The van der Waals surface area contributed by atoms with E-state index in [1.165, 1.54) is 11.3 Å². The molecule has 320 valence electrons. The molecule has 15 nitrogen and oxygen atoms in total. The minimum Gasteiger partial charge on any atom is -0.491 e. The third kappa shape index (κ3) is 9.52. The molecule has 3 saturated carbocycles. The summed E-state index contributed by atoms with van der Waals surface area (Å²) in [5.41, 5.74) is -0.987. The lowest BCUT2D eigenvalue weighted by molar-refractivity contribution is -0.145. The second kappa shape index (κ2) is 17.7. The lowest BCUT2D eigenvalue weighted by atomic mass is 10.0. The van der Waals surface area contributed by atoms with Crippen LogP contribution in [0.15, 0.2) is 30.4 Å². The van der Waals surface area contributed by atoms with Gasteiger partial charge in [-0.25, -0.2) is 14.6 Å². The van der Waals surface area contributed by atoms with Crippen LogP contribution >= 0.6 is 11.6 Å². The molecule has 1 aromatic carbocycles. The van der Waals surface area contributed by atoms with Crippen LogP contribution in [-0.2, 0) is 23.9 Å². The molecule has 8 atom stereocenters. The largest absolute Gasteiger partial charge is 0.491 e. The molecule has 1 unspecified atom stereocenters. The number of nitrogens with zero attached hydrogens (tertiary/aromatic N) is 3. The molecule has 2 saturated heterocycles. The van der Waals surface area contributed by atoms with Crippen molar-refractivity contribution in [1.29, 1.82) is 0 Å².